The van der Waals surface area contributed by atoms with Crippen molar-refractivity contribution >= 4 is 56.5 Å². The topological polar surface area (TPSA) is 73.2 Å². The van der Waals surface area contributed by atoms with Crippen molar-refractivity contribution in [2.24, 2.45) is 0 Å². The fourth-order valence-electron chi connectivity index (χ4n) is 3.00. The van der Waals surface area contributed by atoms with E-state index < -0.39 is 11.7 Å². The third-order valence-corrected chi connectivity index (χ3v) is 6.76. The number of thiophene rings is 1. The van der Waals surface area contributed by atoms with Crippen LogP contribution in [-0.4, -0.2) is 28.3 Å². The van der Waals surface area contributed by atoms with E-state index in [-0.39, 0.29) is 22.0 Å². The average Bonchev–Trinajstić information content (AvgIpc) is 3.26. The van der Waals surface area contributed by atoms with Crippen LogP contribution in [0.3, 0.4) is 0 Å². The summed E-state index contributed by atoms with van der Waals surface area (Å²) in [6.07, 6.45) is 0. The molecule has 1 N–H and O–H groups in total. The molecule has 0 aliphatic carbocycles. The second kappa shape index (κ2) is 9.72. The van der Waals surface area contributed by atoms with Crippen LogP contribution in [0.25, 0.3) is 10.2 Å². The highest BCUT2D eigenvalue weighted by molar-refractivity contribution is 7.99. The van der Waals surface area contributed by atoms with Gasteiger partial charge >= 0.3 is 0 Å². The number of aromatic nitrogens is 2. The number of rotatable bonds is 7. The van der Waals surface area contributed by atoms with Crippen LogP contribution in [0.1, 0.15) is 5.56 Å². The number of nitrogens with zero attached hydrogens (tertiary/aromatic N) is 2. The largest absolute Gasteiger partial charge is 0.497 e. The molecule has 0 aliphatic heterocycles. The highest BCUT2D eigenvalue weighted by atomic mass is 35.5. The summed E-state index contributed by atoms with van der Waals surface area (Å²) in [5.41, 5.74) is 1.50. The first-order chi connectivity index (χ1) is 15.4. The molecule has 0 saturated carbocycles. The van der Waals surface area contributed by atoms with Gasteiger partial charge in [-0.1, -0.05) is 35.5 Å². The normalized spacial score (nSPS) is 11.0. The van der Waals surface area contributed by atoms with Crippen molar-refractivity contribution in [3.63, 3.8) is 0 Å². The quantitative estimate of drug-likeness (QED) is 0.291. The minimum Gasteiger partial charge on any atom is -0.497 e. The van der Waals surface area contributed by atoms with Gasteiger partial charge in [-0.3, -0.25) is 14.2 Å². The molecule has 0 aliphatic rings. The van der Waals surface area contributed by atoms with Crippen LogP contribution in [0.4, 0.5) is 10.1 Å². The zero-order chi connectivity index (χ0) is 22.7. The van der Waals surface area contributed by atoms with Gasteiger partial charge in [0.25, 0.3) is 5.56 Å². The molecule has 0 saturated heterocycles. The lowest BCUT2D eigenvalue weighted by molar-refractivity contribution is -0.113. The summed E-state index contributed by atoms with van der Waals surface area (Å²) in [7, 11) is 1.59. The zero-order valence-corrected chi connectivity index (χ0v) is 19.2. The van der Waals surface area contributed by atoms with Crippen LogP contribution in [0.5, 0.6) is 5.75 Å². The Hall–Kier alpha value is -2.88. The van der Waals surface area contributed by atoms with Gasteiger partial charge in [-0.15, -0.1) is 11.3 Å². The Bertz CT molecular complexity index is 1340. The molecule has 2 aromatic carbocycles. The van der Waals surface area contributed by atoms with Crippen molar-refractivity contribution in [1.82, 2.24) is 9.55 Å². The van der Waals surface area contributed by atoms with E-state index in [4.69, 9.17) is 16.3 Å². The third-order valence-electron chi connectivity index (χ3n) is 4.57. The standard InChI is InChI=1S/C22H17ClFN3O3S2/c1-30-15-5-2-13(3-6-15)11-27-21(29)20-17(8-9-31-20)26-22(27)32-12-19(28)25-18-10-14(24)4-7-16(18)23/h2-10H,11-12H2,1H3,(H,25,28). The van der Waals surface area contributed by atoms with Crippen molar-refractivity contribution < 1.29 is 13.9 Å². The second-order valence-electron chi connectivity index (χ2n) is 6.73. The van der Waals surface area contributed by atoms with Crippen LogP contribution in [0, 0.1) is 5.82 Å². The predicted octanol–water partition coefficient (Wildman–Crippen LogP) is 5.04. The molecule has 0 fully saturated rings. The number of carbonyl (C=O) groups is 1. The average molecular weight is 490 g/mol. The summed E-state index contributed by atoms with van der Waals surface area (Å²) >= 11 is 8.47. The molecule has 10 heteroatoms. The Labute approximate surface area is 196 Å². The summed E-state index contributed by atoms with van der Waals surface area (Å²) in [6, 6.07) is 12.9. The van der Waals surface area contributed by atoms with Gasteiger partial charge in [-0.2, -0.15) is 0 Å². The number of amides is 1. The molecule has 2 heterocycles. The first kappa shape index (κ1) is 22.3. The zero-order valence-electron chi connectivity index (χ0n) is 16.8. The number of fused-ring (bicyclic) bond motifs is 1. The molecule has 0 spiro atoms. The summed E-state index contributed by atoms with van der Waals surface area (Å²) in [5, 5.41) is 5.05. The van der Waals surface area contributed by atoms with Gasteiger partial charge < -0.3 is 10.1 Å². The number of nitrogens with one attached hydrogen (secondary N) is 1. The number of hydrogen-bond donors (Lipinski definition) is 1. The number of halogens is 2. The second-order valence-corrected chi connectivity index (χ2v) is 9.00. The molecule has 0 radical (unpaired) electrons. The van der Waals surface area contributed by atoms with Gasteiger partial charge in [0.15, 0.2) is 5.16 Å². The fourth-order valence-corrected chi connectivity index (χ4v) is 4.74. The van der Waals surface area contributed by atoms with E-state index in [1.807, 2.05) is 29.6 Å². The van der Waals surface area contributed by atoms with Gasteiger partial charge in [0.2, 0.25) is 5.91 Å². The third kappa shape index (κ3) is 4.95. The summed E-state index contributed by atoms with van der Waals surface area (Å²) in [5.74, 6) is -0.207. The minimum absolute atomic E-state index is 0.0302. The van der Waals surface area contributed by atoms with Crippen molar-refractivity contribution in [2.45, 2.75) is 11.7 Å². The lowest BCUT2D eigenvalue weighted by Crippen LogP contribution is -2.24. The first-order valence-electron chi connectivity index (χ1n) is 9.43. The number of carbonyl (C=O) groups excluding carboxylic acids is 1. The monoisotopic (exact) mass is 489 g/mol. The van der Waals surface area contributed by atoms with E-state index in [9.17, 15) is 14.0 Å². The molecular formula is C22H17ClFN3O3S2. The van der Waals surface area contributed by atoms with Crippen LogP contribution < -0.4 is 15.6 Å². The Balaban J connectivity index is 1.58. The van der Waals surface area contributed by atoms with Crippen molar-refractivity contribution in [3.05, 3.63) is 80.7 Å². The Morgan fingerprint density at radius 2 is 2.03 bits per heavy atom. The molecule has 4 aromatic rings. The number of methoxy groups -OCH3 is 1. The molecule has 0 atom stereocenters. The molecule has 2 aromatic heterocycles. The van der Waals surface area contributed by atoms with Gasteiger partial charge in [0.1, 0.15) is 16.3 Å². The highest BCUT2D eigenvalue weighted by Gasteiger charge is 2.15. The molecule has 32 heavy (non-hydrogen) atoms. The number of thioether (sulfide) groups is 1. The SMILES string of the molecule is COc1ccc(Cn2c(SCC(=O)Nc3cc(F)ccc3Cl)nc3ccsc3c2=O)cc1. The maximum absolute atomic E-state index is 13.4. The van der Waals surface area contributed by atoms with Crippen molar-refractivity contribution in [2.75, 3.05) is 18.2 Å². The minimum atomic E-state index is -0.504. The lowest BCUT2D eigenvalue weighted by Gasteiger charge is -2.13. The van der Waals surface area contributed by atoms with Crippen molar-refractivity contribution in [1.29, 1.82) is 0 Å². The number of benzene rings is 2. The number of ether oxygens (including phenoxy) is 1. The molecule has 6 nitrogen and oxygen atoms in total. The summed E-state index contributed by atoms with van der Waals surface area (Å²) < 4.78 is 20.7. The predicted molar refractivity (Wildman–Crippen MR) is 127 cm³/mol. The van der Waals surface area contributed by atoms with E-state index in [0.717, 1.165) is 29.1 Å². The molecule has 164 valence electrons. The molecule has 0 unspecified atom stereocenters. The summed E-state index contributed by atoms with van der Waals surface area (Å²) in [6.45, 7) is 0.295. The Kier molecular flexibility index (Phi) is 6.78. The number of anilines is 1. The van der Waals surface area contributed by atoms with Crippen LogP contribution in [0.15, 0.2) is 63.9 Å². The smallest absolute Gasteiger partial charge is 0.272 e. The molecular weight excluding hydrogens is 473 g/mol. The van der Waals surface area contributed by atoms with Crippen LogP contribution in [-0.2, 0) is 11.3 Å². The molecule has 0 bridgehead atoms. The molecule has 4 rings (SSSR count). The van der Waals surface area contributed by atoms with Gasteiger partial charge in [-0.25, -0.2) is 9.37 Å². The highest BCUT2D eigenvalue weighted by Crippen LogP contribution is 2.25. The van der Waals surface area contributed by atoms with Gasteiger partial charge in [0.05, 0.1) is 35.6 Å². The van der Waals surface area contributed by atoms with Gasteiger partial charge in [0, 0.05) is 0 Å². The van der Waals surface area contributed by atoms with E-state index >= 15 is 0 Å². The fraction of sp³-hybridized carbons (Fsp3) is 0.136. The number of hydrogen-bond acceptors (Lipinski definition) is 6. The first-order valence-corrected chi connectivity index (χ1v) is 11.7. The maximum atomic E-state index is 13.4. The van der Waals surface area contributed by atoms with Crippen LogP contribution in [0.2, 0.25) is 5.02 Å². The summed E-state index contributed by atoms with van der Waals surface area (Å²) in [4.78, 5) is 30.1. The van der Waals surface area contributed by atoms with E-state index in [0.29, 0.717) is 21.9 Å². The Morgan fingerprint density at radius 3 is 2.78 bits per heavy atom. The maximum Gasteiger partial charge on any atom is 0.272 e. The van der Waals surface area contributed by atoms with E-state index in [1.165, 1.54) is 23.5 Å². The molecule has 1 amide bonds. The van der Waals surface area contributed by atoms with Gasteiger partial charge in [-0.05, 0) is 47.3 Å². The Morgan fingerprint density at radius 1 is 1.25 bits per heavy atom. The van der Waals surface area contributed by atoms with E-state index in [2.05, 4.69) is 10.3 Å². The van der Waals surface area contributed by atoms with Crippen molar-refractivity contribution in [3.8, 4) is 5.75 Å². The van der Waals surface area contributed by atoms with E-state index in [1.54, 1.807) is 17.7 Å². The van der Waals surface area contributed by atoms with Crippen LogP contribution >= 0.6 is 34.7 Å². The lowest BCUT2D eigenvalue weighted by atomic mass is 10.2.